The van der Waals surface area contributed by atoms with Crippen molar-refractivity contribution in [3.8, 4) is 0 Å². The summed E-state index contributed by atoms with van der Waals surface area (Å²) in [6, 6.07) is 1.90. The number of carbonyl (C=O) groups excluding carboxylic acids is 1. The van der Waals surface area contributed by atoms with E-state index >= 15 is 0 Å². The number of nitrogens with one attached hydrogen (secondary N) is 1. The molecule has 1 aliphatic carbocycles. The minimum atomic E-state index is -0.0401. The second-order valence-electron chi connectivity index (χ2n) is 5.68. The Hall–Kier alpha value is -1.80. The van der Waals surface area contributed by atoms with Crippen LogP contribution in [0.3, 0.4) is 0 Å². The summed E-state index contributed by atoms with van der Waals surface area (Å²) in [4.78, 5) is 14.0. The first-order chi connectivity index (χ1) is 10.6. The minimum absolute atomic E-state index is 0.0401. The molecule has 2 aromatic rings. The quantitative estimate of drug-likeness (QED) is 0.841. The summed E-state index contributed by atoms with van der Waals surface area (Å²) in [5.41, 5.74) is 0.874. The van der Waals surface area contributed by atoms with Gasteiger partial charge in [-0.15, -0.1) is 10.2 Å². The number of carbonyl (C=O) groups is 1. The first kappa shape index (κ1) is 15.1. The highest BCUT2D eigenvalue weighted by Crippen LogP contribution is 2.42. The summed E-state index contributed by atoms with van der Waals surface area (Å²) < 4.78 is 5.03. The van der Waals surface area contributed by atoms with Crippen molar-refractivity contribution in [3.63, 3.8) is 0 Å². The zero-order valence-corrected chi connectivity index (χ0v) is 13.5. The van der Waals surface area contributed by atoms with E-state index in [-0.39, 0.29) is 5.91 Å². The third-order valence-electron chi connectivity index (χ3n) is 3.44. The molecule has 0 spiro atoms. The zero-order chi connectivity index (χ0) is 15.5. The van der Waals surface area contributed by atoms with Crippen molar-refractivity contribution in [2.45, 2.75) is 38.6 Å². The van der Waals surface area contributed by atoms with Crippen LogP contribution in [0.15, 0.2) is 10.6 Å². The molecule has 0 radical (unpaired) electrons. The van der Waals surface area contributed by atoms with E-state index in [9.17, 15) is 4.79 Å². The highest BCUT2D eigenvalue weighted by molar-refractivity contribution is 7.15. The standard InChI is InChI=1S/C14H19N5O2S/c1-9-7-11(18-21-9)8-19(2)6-5-12(20)15-14-17-16-13(22-14)10-3-4-10/h7,10H,3-6,8H2,1-2H3,(H,15,17,20). The molecule has 8 heteroatoms. The van der Waals surface area contributed by atoms with Crippen molar-refractivity contribution >= 4 is 22.4 Å². The van der Waals surface area contributed by atoms with Crippen molar-refractivity contribution < 1.29 is 9.32 Å². The number of aromatic nitrogens is 3. The molecule has 1 fully saturated rings. The van der Waals surface area contributed by atoms with Gasteiger partial charge in [-0.25, -0.2) is 0 Å². The van der Waals surface area contributed by atoms with Gasteiger partial charge in [0.15, 0.2) is 0 Å². The first-order valence-corrected chi connectivity index (χ1v) is 8.16. The maximum Gasteiger partial charge on any atom is 0.227 e. The highest BCUT2D eigenvalue weighted by Gasteiger charge is 2.27. The van der Waals surface area contributed by atoms with Gasteiger partial charge < -0.3 is 9.84 Å². The van der Waals surface area contributed by atoms with Gasteiger partial charge in [0.25, 0.3) is 0 Å². The fourth-order valence-electron chi connectivity index (χ4n) is 2.10. The SMILES string of the molecule is Cc1cc(CN(C)CCC(=O)Nc2nnc(C3CC3)s2)no1. The molecule has 2 aromatic heterocycles. The molecule has 0 aliphatic heterocycles. The molecule has 3 rings (SSSR count). The van der Waals surface area contributed by atoms with Crippen LogP contribution in [0.1, 0.15) is 41.6 Å². The molecule has 0 bridgehead atoms. The van der Waals surface area contributed by atoms with Crippen LogP contribution < -0.4 is 5.32 Å². The van der Waals surface area contributed by atoms with Crippen molar-refractivity contribution in [3.05, 3.63) is 22.5 Å². The highest BCUT2D eigenvalue weighted by atomic mass is 32.1. The average Bonchev–Trinajstić information content (AvgIpc) is 3.10. The molecule has 22 heavy (non-hydrogen) atoms. The number of anilines is 1. The Labute approximate surface area is 132 Å². The number of nitrogens with zero attached hydrogens (tertiary/aromatic N) is 4. The summed E-state index contributed by atoms with van der Waals surface area (Å²) in [7, 11) is 1.95. The van der Waals surface area contributed by atoms with E-state index in [1.54, 1.807) is 0 Å². The molecule has 1 N–H and O–H groups in total. The van der Waals surface area contributed by atoms with Gasteiger partial charge in [-0.3, -0.25) is 9.69 Å². The van der Waals surface area contributed by atoms with Gasteiger partial charge in [0.2, 0.25) is 11.0 Å². The van der Waals surface area contributed by atoms with E-state index in [0.29, 0.717) is 30.6 Å². The lowest BCUT2D eigenvalue weighted by Gasteiger charge is -2.13. The molecule has 0 atom stereocenters. The zero-order valence-electron chi connectivity index (χ0n) is 12.7. The van der Waals surface area contributed by atoms with Crippen molar-refractivity contribution in [2.24, 2.45) is 0 Å². The van der Waals surface area contributed by atoms with Crippen LogP contribution in [0, 0.1) is 6.92 Å². The normalized spacial score (nSPS) is 14.5. The monoisotopic (exact) mass is 321 g/mol. The predicted molar refractivity (Wildman–Crippen MR) is 82.7 cm³/mol. The maximum atomic E-state index is 11.9. The molecular formula is C14H19N5O2S. The van der Waals surface area contributed by atoms with Gasteiger partial charge in [0, 0.05) is 31.5 Å². The largest absolute Gasteiger partial charge is 0.361 e. The van der Waals surface area contributed by atoms with E-state index in [1.165, 1.54) is 24.2 Å². The molecule has 118 valence electrons. The Balaban J connectivity index is 1.41. The molecular weight excluding hydrogens is 302 g/mol. The summed E-state index contributed by atoms with van der Waals surface area (Å²) in [6.45, 7) is 3.17. The van der Waals surface area contributed by atoms with Gasteiger partial charge in [-0.1, -0.05) is 16.5 Å². The van der Waals surface area contributed by atoms with E-state index in [4.69, 9.17) is 4.52 Å². The molecule has 1 aliphatic rings. The molecule has 0 aromatic carbocycles. The summed E-state index contributed by atoms with van der Waals surface area (Å²) in [6.07, 6.45) is 2.79. The Bertz CT molecular complexity index is 649. The first-order valence-electron chi connectivity index (χ1n) is 7.34. The van der Waals surface area contributed by atoms with Gasteiger partial charge in [-0.2, -0.15) is 0 Å². The lowest BCUT2D eigenvalue weighted by Crippen LogP contribution is -2.24. The van der Waals surface area contributed by atoms with E-state index in [2.05, 4.69) is 20.7 Å². The van der Waals surface area contributed by atoms with Crippen molar-refractivity contribution in [1.29, 1.82) is 0 Å². The van der Waals surface area contributed by atoms with Crippen LogP contribution in [0.2, 0.25) is 0 Å². The molecule has 0 saturated heterocycles. The fourth-order valence-corrected chi connectivity index (χ4v) is 3.03. The molecule has 2 heterocycles. The van der Waals surface area contributed by atoms with Crippen LogP contribution in [0.25, 0.3) is 0 Å². The third-order valence-corrected chi connectivity index (χ3v) is 4.44. The van der Waals surface area contributed by atoms with Crippen molar-refractivity contribution in [1.82, 2.24) is 20.3 Å². The van der Waals surface area contributed by atoms with Crippen LogP contribution >= 0.6 is 11.3 Å². The lowest BCUT2D eigenvalue weighted by molar-refractivity contribution is -0.116. The van der Waals surface area contributed by atoms with Gasteiger partial charge >= 0.3 is 0 Å². The summed E-state index contributed by atoms with van der Waals surface area (Å²) in [5, 5.41) is 16.5. The van der Waals surface area contributed by atoms with Gasteiger partial charge in [0.1, 0.15) is 10.8 Å². The number of hydrogen-bond donors (Lipinski definition) is 1. The summed E-state index contributed by atoms with van der Waals surface area (Å²) in [5.74, 6) is 1.32. The molecule has 1 saturated carbocycles. The second kappa shape index (κ2) is 6.53. The predicted octanol–water partition coefficient (Wildman–Crippen LogP) is 2.17. The van der Waals surface area contributed by atoms with Gasteiger partial charge in [-0.05, 0) is 26.8 Å². The smallest absolute Gasteiger partial charge is 0.227 e. The Morgan fingerprint density at radius 3 is 3.00 bits per heavy atom. The lowest BCUT2D eigenvalue weighted by atomic mass is 10.3. The molecule has 1 amide bonds. The van der Waals surface area contributed by atoms with Crippen LogP contribution in [0.5, 0.6) is 0 Å². The molecule has 7 nitrogen and oxygen atoms in total. The maximum absolute atomic E-state index is 11.9. The topological polar surface area (TPSA) is 84.2 Å². The summed E-state index contributed by atoms with van der Waals surface area (Å²) >= 11 is 1.48. The number of hydrogen-bond acceptors (Lipinski definition) is 7. The fraction of sp³-hybridized carbons (Fsp3) is 0.571. The van der Waals surface area contributed by atoms with Crippen LogP contribution in [0.4, 0.5) is 5.13 Å². The van der Waals surface area contributed by atoms with Crippen molar-refractivity contribution in [2.75, 3.05) is 18.9 Å². The minimum Gasteiger partial charge on any atom is -0.361 e. The van der Waals surface area contributed by atoms with E-state index in [1.807, 2.05) is 24.9 Å². The Kier molecular flexibility index (Phi) is 4.49. The van der Waals surface area contributed by atoms with E-state index in [0.717, 1.165) is 16.5 Å². The average molecular weight is 321 g/mol. The van der Waals surface area contributed by atoms with Crippen LogP contribution in [-0.2, 0) is 11.3 Å². The Morgan fingerprint density at radius 1 is 1.50 bits per heavy atom. The number of rotatable bonds is 7. The molecule has 0 unspecified atom stereocenters. The second-order valence-corrected chi connectivity index (χ2v) is 6.69. The number of amides is 1. The van der Waals surface area contributed by atoms with E-state index < -0.39 is 0 Å². The Morgan fingerprint density at radius 2 is 2.32 bits per heavy atom. The number of aryl methyl sites for hydroxylation is 1. The third kappa shape index (κ3) is 4.11. The van der Waals surface area contributed by atoms with Gasteiger partial charge in [0.05, 0.1) is 5.69 Å². The van der Waals surface area contributed by atoms with Crippen LogP contribution in [-0.4, -0.2) is 39.8 Å².